The van der Waals surface area contributed by atoms with E-state index in [4.69, 9.17) is 5.11 Å². The lowest BCUT2D eigenvalue weighted by molar-refractivity contribution is -0.142. The SMILES string of the molecule is CC(C(=O)N[C@@H](Cc1cnc[nH]1)C(=O)O)C1CC1. The fourth-order valence-electron chi connectivity index (χ4n) is 1.93. The minimum absolute atomic E-state index is 0.103. The maximum atomic E-state index is 11.9. The Morgan fingerprint density at radius 3 is 2.83 bits per heavy atom. The number of aliphatic carboxylic acids is 1. The van der Waals surface area contributed by atoms with Gasteiger partial charge in [-0.3, -0.25) is 4.79 Å². The molecule has 0 aliphatic heterocycles. The molecule has 6 heteroatoms. The molecule has 1 saturated carbocycles. The number of carbonyl (C=O) groups excluding carboxylic acids is 1. The Bertz CT molecular complexity index is 426. The maximum Gasteiger partial charge on any atom is 0.326 e. The van der Waals surface area contributed by atoms with Crippen LogP contribution < -0.4 is 5.32 Å². The monoisotopic (exact) mass is 251 g/mol. The van der Waals surface area contributed by atoms with Crippen LogP contribution in [0.4, 0.5) is 0 Å². The van der Waals surface area contributed by atoms with Crippen molar-refractivity contribution in [3.63, 3.8) is 0 Å². The summed E-state index contributed by atoms with van der Waals surface area (Å²) in [4.78, 5) is 29.6. The zero-order valence-electron chi connectivity index (χ0n) is 10.2. The number of aromatic amines is 1. The molecule has 2 atom stereocenters. The lowest BCUT2D eigenvalue weighted by Gasteiger charge is -2.17. The predicted octanol–water partition coefficient (Wildman–Crippen LogP) is 0.568. The third-order valence-corrected chi connectivity index (χ3v) is 3.34. The molecule has 6 nitrogen and oxygen atoms in total. The van der Waals surface area contributed by atoms with Crippen molar-refractivity contribution in [2.45, 2.75) is 32.2 Å². The number of nitrogens with zero attached hydrogens (tertiary/aromatic N) is 1. The van der Waals surface area contributed by atoms with Crippen LogP contribution in [0.15, 0.2) is 12.5 Å². The molecule has 3 N–H and O–H groups in total. The largest absolute Gasteiger partial charge is 0.480 e. The van der Waals surface area contributed by atoms with Crippen molar-refractivity contribution in [2.24, 2.45) is 11.8 Å². The molecular weight excluding hydrogens is 234 g/mol. The van der Waals surface area contributed by atoms with Crippen LogP contribution >= 0.6 is 0 Å². The van der Waals surface area contributed by atoms with Gasteiger partial charge in [0.2, 0.25) is 5.91 Å². The van der Waals surface area contributed by atoms with E-state index >= 15 is 0 Å². The number of hydrogen-bond acceptors (Lipinski definition) is 3. The van der Waals surface area contributed by atoms with Crippen molar-refractivity contribution in [3.8, 4) is 0 Å². The molecule has 1 amide bonds. The molecule has 1 aliphatic carbocycles. The molecule has 18 heavy (non-hydrogen) atoms. The molecule has 1 aromatic rings. The summed E-state index contributed by atoms with van der Waals surface area (Å²) in [6, 6.07) is -0.904. The molecule has 0 spiro atoms. The van der Waals surface area contributed by atoms with Gasteiger partial charge in [0.15, 0.2) is 0 Å². The van der Waals surface area contributed by atoms with Gasteiger partial charge >= 0.3 is 5.97 Å². The van der Waals surface area contributed by atoms with Gasteiger partial charge in [-0.25, -0.2) is 9.78 Å². The summed E-state index contributed by atoms with van der Waals surface area (Å²) < 4.78 is 0. The van der Waals surface area contributed by atoms with Crippen LogP contribution in [-0.4, -0.2) is 33.0 Å². The Labute approximate surface area is 105 Å². The smallest absolute Gasteiger partial charge is 0.326 e. The molecule has 98 valence electrons. The summed E-state index contributed by atoms with van der Waals surface area (Å²) in [5.74, 6) is -0.884. The molecule has 0 bridgehead atoms. The maximum absolute atomic E-state index is 11.9. The fraction of sp³-hybridized carbons (Fsp3) is 0.583. The highest BCUT2D eigenvalue weighted by Gasteiger charge is 2.34. The number of carbonyl (C=O) groups is 2. The van der Waals surface area contributed by atoms with Crippen LogP contribution in [0.25, 0.3) is 0 Å². The zero-order valence-corrected chi connectivity index (χ0v) is 10.2. The number of H-pyrrole nitrogens is 1. The summed E-state index contributed by atoms with van der Waals surface area (Å²) in [7, 11) is 0. The average Bonchev–Trinajstić information content (AvgIpc) is 3.06. The van der Waals surface area contributed by atoms with Crippen LogP contribution in [0.5, 0.6) is 0 Å². The first-order chi connectivity index (χ1) is 8.58. The number of nitrogens with one attached hydrogen (secondary N) is 2. The lowest BCUT2D eigenvalue weighted by atomic mass is 10.0. The Morgan fingerprint density at radius 2 is 2.33 bits per heavy atom. The number of carboxylic acid groups (broad SMARTS) is 1. The van der Waals surface area contributed by atoms with E-state index < -0.39 is 12.0 Å². The molecule has 1 aromatic heterocycles. The molecule has 1 fully saturated rings. The first kappa shape index (κ1) is 12.6. The molecule has 0 aromatic carbocycles. The second kappa shape index (κ2) is 5.20. The van der Waals surface area contributed by atoms with E-state index in [-0.39, 0.29) is 18.2 Å². The summed E-state index contributed by atoms with van der Waals surface area (Å²) in [5.41, 5.74) is 0.696. The highest BCUT2D eigenvalue weighted by atomic mass is 16.4. The van der Waals surface area contributed by atoms with Gasteiger partial charge in [0.05, 0.1) is 6.33 Å². The highest BCUT2D eigenvalue weighted by molar-refractivity contribution is 5.85. The van der Waals surface area contributed by atoms with E-state index in [1.165, 1.54) is 6.33 Å². The second-order valence-electron chi connectivity index (χ2n) is 4.81. The normalized spacial score (nSPS) is 18.1. The van der Waals surface area contributed by atoms with Gasteiger partial charge in [0.1, 0.15) is 6.04 Å². The lowest BCUT2D eigenvalue weighted by Crippen LogP contribution is -2.44. The van der Waals surface area contributed by atoms with Gasteiger partial charge in [0.25, 0.3) is 0 Å². The second-order valence-corrected chi connectivity index (χ2v) is 4.81. The van der Waals surface area contributed by atoms with Gasteiger partial charge < -0.3 is 15.4 Å². The Balaban J connectivity index is 1.93. The third kappa shape index (κ3) is 3.09. The van der Waals surface area contributed by atoms with E-state index in [0.717, 1.165) is 12.8 Å². The van der Waals surface area contributed by atoms with Crippen LogP contribution in [0.3, 0.4) is 0 Å². The molecular formula is C12H17N3O3. The molecule has 1 heterocycles. The van der Waals surface area contributed by atoms with E-state index in [1.54, 1.807) is 6.20 Å². The predicted molar refractivity (Wildman–Crippen MR) is 63.7 cm³/mol. The number of carboxylic acids is 1. The van der Waals surface area contributed by atoms with Gasteiger partial charge in [-0.15, -0.1) is 0 Å². The standard InChI is InChI=1S/C12H17N3O3/c1-7(8-2-3-8)11(16)15-10(12(17)18)4-9-5-13-6-14-9/h5-8,10H,2-4H2,1H3,(H,13,14)(H,15,16)(H,17,18)/t7?,10-/m0/s1. The highest BCUT2D eigenvalue weighted by Crippen LogP contribution is 2.36. The van der Waals surface area contributed by atoms with Crippen molar-refractivity contribution in [2.75, 3.05) is 0 Å². The molecule has 1 aliphatic rings. The summed E-state index contributed by atoms with van der Waals surface area (Å²) in [5, 5.41) is 11.7. The Morgan fingerprint density at radius 1 is 1.61 bits per heavy atom. The van der Waals surface area contributed by atoms with Crippen molar-refractivity contribution < 1.29 is 14.7 Å². The van der Waals surface area contributed by atoms with Crippen molar-refractivity contribution >= 4 is 11.9 Å². The van der Waals surface area contributed by atoms with Crippen LogP contribution in [-0.2, 0) is 16.0 Å². The quantitative estimate of drug-likeness (QED) is 0.688. The van der Waals surface area contributed by atoms with Crippen molar-refractivity contribution in [1.29, 1.82) is 0 Å². The van der Waals surface area contributed by atoms with Crippen molar-refractivity contribution in [1.82, 2.24) is 15.3 Å². The fourth-order valence-corrected chi connectivity index (χ4v) is 1.93. The first-order valence-corrected chi connectivity index (χ1v) is 6.08. The van der Waals surface area contributed by atoms with Crippen LogP contribution in [0, 0.1) is 11.8 Å². The van der Waals surface area contributed by atoms with Crippen molar-refractivity contribution in [3.05, 3.63) is 18.2 Å². The summed E-state index contributed by atoms with van der Waals surface area (Å²) >= 11 is 0. The minimum Gasteiger partial charge on any atom is -0.480 e. The zero-order chi connectivity index (χ0) is 13.1. The van der Waals surface area contributed by atoms with E-state index in [2.05, 4.69) is 15.3 Å². The van der Waals surface area contributed by atoms with Gasteiger partial charge in [-0.1, -0.05) is 6.92 Å². The van der Waals surface area contributed by atoms with Gasteiger partial charge in [0, 0.05) is 24.2 Å². The van der Waals surface area contributed by atoms with E-state index in [9.17, 15) is 9.59 Å². The molecule has 0 saturated heterocycles. The summed E-state index contributed by atoms with van der Waals surface area (Å²) in [6.45, 7) is 1.85. The van der Waals surface area contributed by atoms with Gasteiger partial charge in [-0.2, -0.15) is 0 Å². The number of aromatic nitrogens is 2. The summed E-state index contributed by atoms with van der Waals surface area (Å²) in [6.07, 6.45) is 5.40. The number of rotatable bonds is 6. The molecule has 2 rings (SSSR count). The third-order valence-electron chi connectivity index (χ3n) is 3.34. The Hall–Kier alpha value is -1.85. The average molecular weight is 251 g/mol. The topological polar surface area (TPSA) is 95.1 Å². The molecule has 1 unspecified atom stereocenters. The van der Waals surface area contributed by atoms with Crippen LogP contribution in [0.2, 0.25) is 0 Å². The number of amides is 1. The Kier molecular flexibility index (Phi) is 3.64. The van der Waals surface area contributed by atoms with Gasteiger partial charge in [-0.05, 0) is 18.8 Å². The first-order valence-electron chi connectivity index (χ1n) is 6.08. The molecule has 0 radical (unpaired) electrons. The number of hydrogen-bond donors (Lipinski definition) is 3. The minimum atomic E-state index is -1.03. The number of imidazole rings is 1. The van der Waals surface area contributed by atoms with Crippen LogP contribution in [0.1, 0.15) is 25.5 Å². The van der Waals surface area contributed by atoms with E-state index in [1.807, 2.05) is 6.92 Å². The van der Waals surface area contributed by atoms with E-state index in [0.29, 0.717) is 11.6 Å².